The first-order chi connectivity index (χ1) is 12.4. The van der Waals surface area contributed by atoms with E-state index in [4.69, 9.17) is 0 Å². The third-order valence-electron chi connectivity index (χ3n) is 6.04. The molecule has 0 unspecified atom stereocenters. The smallest absolute Gasteiger partial charge is 0.243 e. The Balaban J connectivity index is 1.76. The maximum atomic E-state index is 13.3. The lowest BCUT2D eigenvalue weighted by Crippen LogP contribution is -2.63. The van der Waals surface area contributed by atoms with E-state index in [0.29, 0.717) is 24.3 Å². The number of carbonyl (C=O) groups is 2. The zero-order valence-electron chi connectivity index (χ0n) is 16.4. The summed E-state index contributed by atoms with van der Waals surface area (Å²) in [4.78, 5) is 28.0. The number of nitrogens with zero attached hydrogens (tertiary/aromatic N) is 1. The summed E-state index contributed by atoms with van der Waals surface area (Å²) in [7, 11) is 0. The van der Waals surface area contributed by atoms with Crippen molar-refractivity contribution in [1.29, 1.82) is 0 Å². The number of rotatable bonds is 6. The van der Waals surface area contributed by atoms with E-state index in [0.717, 1.165) is 19.3 Å². The van der Waals surface area contributed by atoms with Crippen molar-refractivity contribution in [2.24, 2.45) is 17.8 Å². The summed E-state index contributed by atoms with van der Waals surface area (Å²) in [6, 6.07) is 10.0. The number of amides is 2. The van der Waals surface area contributed by atoms with Crippen LogP contribution in [-0.2, 0) is 9.59 Å². The molecule has 1 heterocycles. The predicted octanol–water partition coefficient (Wildman–Crippen LogP) is 3.58. The summed E-state index contributed by atoms with van der Waals surface area (Å²) in [5.74, 6) is 1.31. The fourth-order valence-corrected chi connectivity index (χ4v) is 4.09. The third kappa shape index (κ3) is 3.94. The van der Waals surface area contributed by atoms with Crippen LogP contribution in [0.15, 0.2) is 30.3 Å². The molecule has 2 aliphatic rings. The van der Waals surface area contributed by atoms with Gasteiger partial charge in [-0.05, 0) is 36.2 Å². The lowest BCUT2D eigenvalue weighted by atomic mass is 9.92. The Kier molecular flexibility index (Phi) is 5.69. The number of hydrogen-bond donors (Lipinski definition) is 1. The fourth-order valence-electron chi connectivity index (χ4n) is 4.09. The number of piperazine rings is 1. The molecule has 2 fully saturated rings. The van der Waals surface area contributed by atoms with Gasteiger partial charge in [0.05, 0.1) is 0 Å². The molecule has 1 aliphatic heterocycles. The van der Waals surface area contributed by atoms with Crippen LogP contribution in [0.2, 0.25) is 0 Å². The van der Waals surface area contributed by atoms with E-state index < -0.39 is 0 Å². The maximum absolute atomic E-state index is 13.3. The van der Waals surface area contributed by atoms with Gasteiger partial charge in [-0.25, -0.2) is 0 Å². The Morgan fingerprint density at radius 1 is 1.23 bits per heavy atom. The summed E-state index contributed by atoms with van der Waals surface area (Å²) < 4.78 is 0. The van der Waals surface area contributed by atoms with E-state index in [2.05, 4.69) is 45.1 Å². The van der Waals surface area contributed by atoms with E-state index in [1.165, 1.54) is 5.56 Å². The maximum Gasteiger partial charge on any atom is 0.243 e. The highest BCUT2D eigenvalue weighted by atomic mass is 16.2. The van der Waals surface area contributed by atoms with Crippen molar-refractivity contribution in [3.8, 4) is 0 Å². The Bertz CT molecular complexity index is 643. The van der Waals surface area contributed by atoms with Crippen LogP contribution in [0.4, 0.5) is 0 Å². The Morgan fingerprint density at radius 3 is 2.54 bits per heavy atom. The molecule has 1 aromatic rings. The molecule has 142 valence electrons. The van der Waals surface area contributed by atoms with E-state index in [1.54, 1.807) is 0 Å². The predicted molar refractivity (Wildman–Crippen MR) is 104 cm³/mol. The van der Waals surface area contributed by atoms with E-state index in [-0.39, 0.29) is 29.8 Å². The van der Waals surface area contributed by atoms with Gasteiger partial charge in [-0.2, -0.15) is 0 Å². The molecule has 1 saturated heterocycles. The molecule has 5 atom stereocenters. The van der Waals surface area contributed by atoms with Gasteiger partial charge in [0.15, 0.2) is 0 Å². The molecular formula is C22H32N2O2. The quantitative estimate of drug-likeness (QED) is 0.847. The molecule has 1 aliphatic carbocycles. The third-order valence-corrected chi connectivity index (χ3v) is 6.04. The largest absolute Gasteiger partial charge is 0.350 e. The summed E-state index contributed by atoms with van der Waals surface area (Å²) in [6.07, 6.45) is 2.63. The van der Waals surface area contributed by atoms with Crippen LogP contribution in [0.25, 0.3) is 0 Å². The number of hydrogen-bond acceptors (Lipinski definition) is 2. The van der Waals surface area contributed by atoms with Crippen LogP contribution in [-0.4, -0.2) is 35.3 Å². The van der Waals surface area contributed by atoms with Crippen molar-refractivity contribution in [2.45, 2.75) is 65.0 Å². The Labute approximate surface area is 157 Å². The van der Waals surface area contributed by atoms with Crippen molar-refractivity contribution in [1.82, 2.24) is 10.2 Å². The first-order valence-electron chi connectivity index (χ1n) is 10.1. The highest BCUT2D eigenvalue weighted by molar-refractivity contribution is 5.91. The van der Waals surface area contributed by atoms with Gasteiger partial charge in [-0.1, -0.05) is 64.4 Å². The molecule has 4 nitrogen and oxygen atoms in total. The molecule has 4 heteroatoms. The fraction of sp³-hybridized carbons (Fsp3) is 0.636. The van der Waals surface area contributed by atoms with E-state index in [9.17, 15) is 9.59 Å². The highest BCUT2D eigenvalue weighted by Gasteiger charge is 2.49. The molecule has 3 rings (SSSR count). The first kappa shape index (κ1) is 18.9. The van der Waals surface area contributed by atoms with Crippen molar-refractivity contribution in [2.75, 3.05) is 6.54 Å². The lowest BCUT2D eigenvalue weighted by molar-refractivity contribution is -0.147. The minimum atomic E-state index is -0.320. The average Bonchev–Trinajstić information content (AvgIpc) is 3.43. The highest BCUT2D eigenvalue weighted by Crippen LogP contribution is 2.49. The summed E-state index contributed by atoms with van der Waals surface area (Å²) in [5.41, 5.74) is 1.24. The Hall–Kier alpha value is -1.84. The summed E-state index contributed by atoms with van der Waals surface area (Å²) in [5, 5.41) is 3.18. The standard InChI is InChI=1S/C22H32N2O2/c1-5-15(4)19-13-24(20(11-14(2)3)21(25)23-19)22(26)18-12-17(18)16-9-7-6-8-10-16/h6-10,14-15,17-20H,5,11-13H2,1-4H3,(H,23,25)/t15-,17-,18+,19+,20-/m0/s1. The summed E-state index contributed by atoms with van der Waals surface area (Å²) >= 11 is 0. The van der Waals surface area contributed by atoms with Gasteiger partial charge in [0.2, 0.25) is 11.8 Å². The Morgan fingerprint density at radius 2 is 1.92 bits per heavy atom. The molecule has 1 aromatic carbocycles. The minimum Gasteiger partial charge on any atom is -0.350 e. The second kappa shape index (κ2) is 7.81. The van der Waals surface area contributed by atoms with Gasteiger partial charge >= 0.3 is 0 Å². The van der Waals surface area contributed by atoms with Crippen LogP contribution in [0.3, 0.4) is 0 Å². The van der Waals surface area contributed by atoms with E-state index >= 15 is 0 Å². The average molecular weight is 357 g/mol. The van der Waals surface area contributed by atoms with Gasteiger partial charge in [-0.3, -0.25) is 9.59 Å². The van der Waals surface area contributed by atoms with Gasteiger partial charge in [0, 0.05) is 18.5 Å². The molecule has 0 spiro atoms. The number of benzene rings is 1. The van der Waals surface area contributed by atoms with Crippen LogP contribution in [0.5, 0.6) is 0 Å². The molecule has 1 N–H and O–H groups in total. The second-order valence-corrected chi connectivity index (χ2v) is 8.50. The van der Waals surface area contributed by atoms with Gasteiger partial charge in [-0.15, -0.1) is 0 Å². The van der Waals surface area contributed by atoms with Gasteiger partial charge in [0.25, 0.3) is 0 Å². The zero-order chi connectivity index (χ0) is 18.8. The lowest BCUT2D eigenvalue weighted by Gasteiger charge is -2.42. The first-order valence-corrected chi connectivity index (χ1v) is 10.1. The van der Waals surface area contributed by atoms with Crippen molar-refractivity contribution >= 4 is 11.8 Å². The molecular weight excluding hydrogens is 324 g/mol. The molecule has 0 bridgehead atoms. The van der Waals surface area contributed by atoms with Crippen molar-refractivity contribution < 1.29 is 9.59 Å². The van der Waals surface area contributed by atoms with Gasteiger partial charge in [0.1, 0.15) is 6.04 Å². The second-order valence-electron chi connectivity index (χ2n) is 8.50. The van der Waals surface area contributed by atoms with Crippen LogP contribution in [0.1, 0.15) is 58.4 Å². The topological polar surface area (TPSA) is 49.4 Å². The molecule has 0 radical (unpaired) electrons. The molecule has 1 saturated carbocycles. The molecule has 26 heavy (non-hydrogen) atoms. The SMILES string of the molecule is CC[C@H](C)[C@H]1CN(C(=O)[C@@H]2C[C@H]2c2ccccc2)[C@@H](CC(C)C)C(=O)N1. The van der Waals surface area contributed by atoms with Crippen LogP contribution < -0.4 is 5.32 Å². The van der Waals surface area contributed by atoms with Crippen LogP contribution in [0, 0.1) is 17.8 Å². The molecule has 2 amide bonds. The number of carbonyl (C=O) groups excluding carboxylic acids is 2. The van der Waals surface area contributed by atoms with E-state index in [1.807, 2.05) is 23.1 Å². The van der Waals surface area contributed by atoms with Crippen molar-refractivity contribution in [3.05, 3.63) is 35.9 Å². The number of nitrogens with one attached hydrogen (secondary N) is 1. The minimum absolute atomic E-state index is 0.0283. The van der Waals surface area contributed by atoms with Crippen molar-refractivity contribution in [3.63, 3.8) is 0 Å². The summed E-state index contributed by atoms with van der Waals surface area (Å²) in [6.45, 7) is 9.16. The normalized spacial score (nSPS) is 29.4. The zero-order valence-corrected chi connectivity index (χ0v) is 16.4. The molecule has 0 aromatic heterocycles. The monoisotopic (exact) mass is 356 g/mol. The van der Waals surface area contributed by atoms with Gasteiger partial charge < -0.3 is 10.2 Å². The van der Waals surface area contributed by atoms with Crippen LogP contribution >= 0.6 is 0 Å².